The van der Waals surface area contributed by atoms with Gasteiger partial charge in [-0.05, 0) is 83.5 Å². The lowest BCUT2D eigenvalue weighted by atomic mass is 10.0. The van der Waals surface area contributed by atoms with Gasteiger partial charge in [0, 0.05) is 19.3 Å². The molecule has 0 aliphatic carbocycles. The van der Waals surface area contributed by atoms with Gasteiger partial charge in [0.15, 0.2) is 6.10 Å². The van der Waals surface area contributed by atoms with Gasteiger partial charge in [0.25, 0.3) is 0 Å². The Morgan fingerprint density at radius 2 is 0.529 bits per heavy atom. The van der Waals surface area contributed by atoms with Crippen molar-refractivity contribution in [2.45, 2.75) is 316 Å². The third kappa shape index (κ3) is 54.3. The molecule has 6 nitrogen and oxygen atoms in total. The van der Waals surface area contributed by atoms with Crippen LogP contribution >= 0.6 is 0 Å². The largest absolute Gasteiger partial charge is 0.462 e. The average molecular weight is 954 g/mol. The van der Waals surface area contributed by atoms with Crippen LogP contribution < -0.4 is 0 Å². The molecule has 0 bridgehead atoms. The van der Waals surface area contributed by atoms with E-state index in [2.05, 4.69) is 69.4 Å². The zero-order valence-electron chi connectivity index (χ0n) is 45.4. The summed E-state index contributed by atoms with van der Waals surface area (Å²) in [6, 6.07) is 0. The maximum atomic E-state index is 12.8. The minimum Gasteiger partial charge on any atom is -0.462 e. The average Bonchev–Trinajstić information content (AvgIpc) is 3.34. The van der Waals surface area contributed by atoms with E-state index < -0.39 is 6.10 Å². The van der Waals surface area contributed by atoms with Crippen molar-refractivity contribution in [1.29, 1.82) is 0 Å². The first-order chi connectivity index (χ1) is 33.5. The van der Waals surface area contributed by atoms with Crippen LogP contribution in [-0.4, -0.2) is 37.2 Å². The normalized spacial score (nSPS) is 12.3. The number of ether oxygens (including phenoxy) is 3. The van der Waals surface area contributed by atoms with Gasteiger partial charge in [0.2, 0.25) is 0 Å². The van der Waals surface area contributed by atoms with Crippen molar-refractivity contribution in [3.8, 4) is 0 Å². The van der Waals surface area contributed by atoms with E-state index in [1.807, 2.05) is 0 Å². The fourth-order valence-electron chi connectivity index (χ4n) is 8.56. The Hall–Kier alpha value is -2.63. The predicted molar refractivity (Wildman–Crippen MR) is 293 cm³/mol. The molecule has 396 valence electrons. The van der Waals surface area contributed by atoms with Crippen LogP contribution in [0, 0.1) is 0 Å². The summed E-state index contributed by atoms with van der Waals surface area (Å²) in [5.74, 6) is -0.873. The number of hydrogen-bond acceptors (Lipinski definition) is 6. The number of rotatable bonds is 54. The third-order valence-electron chi connectivity index (χ3n) is 13.1. The lowest BCUT2D eigenvalue weighted by Gasteiger charge is -2.18. The van der Waals surface area contributed by atoms with Crippen LogP contribution in [0.25, 0.3) is 0 Å². The van der Waals surface area contributed by atoms with Crippen LogP contribution in [-0.2, 0) is 28.6 Å². The summed E-state index contributed by atoms with van der Waals surface area (Å²) in [6.45, 7) is 6.61. The van der Waals surface area contributed by atoms with E-state index in [-0.39, 0.29) is 31.1 Å². The maximum Gasteiger partial charge on any atom is 0.306 e. The Labute approximate surface area is 422 Å². The van der Waals surface area contributed by atoms with Crippen LogP contribution in [0.1, 0.15) is 310 Å². The standard InChI is InChI=1S/C62H112O6/c1-4-7-10-13-16-19-22-24-25-26-27-28-29-30-31-32-33-34-35-36-37-38-41-43-46-49-52-55-61(64)67-58-59(57-66-60(63)54-51-48-45-42-39-21-18-15-12-9-6-3)68-62(65)56-53-50-47-44-40-23-20-17-14-11-8-5-2/h17,20,22,24,26-27,29-30,59H,4-16,18-19,21,23,25,28,31-58H2,1-3H3/b20-17-,24-22-,27-26-,30-29-. The molecule has 0 radical (unpaired) electrons. The van der Waals surface area contributed by atoms with Gasteiger partial charge >= 0.3 is 17.9 Å². The highest BCUT2D eigenvalue weighted by molar-refractivity contribution is 5.71. The highest BCUT2D eigenvalue weighted by Crippen LogP contribution is 2.16. The maximum absolute atomic E-state index is 12.8. The van der Waals surface area contributed by atoms with E-state index in [4.69, 9.17) is 14.2 Å². The number of esters is 3. The van der Waals surface area contributed by atoms with Crippen LogP contribution in [0.2, 0.25) is 0 Å². The molecule has 0 aromatic rings. The molecule has 0 aromatic heterocycles. The van der Waals surface area contributed by atoms with Crippen LogP contribution in [0.15, 0.2) is 48.6 Å². The van der Waals surface area contributed by atoms with Gasteiger partial charge in [-0.2, -0.15) is 0 Å². The van der Waals surface area contributed by atoms with E-state index in [1.54, 1.807) is 0 Å². The summed E-state index contributed by atoms with van der Waals surface area (Å²) in [5, 5.41) is 0. The monoisotopic (exact) mass is 953 g/mol. The molecule has 68 heavy (non-hydrogen) atoms. The quantitative estimate of drug-likeness (QED) is 0.0262. The number of carbonyl (C=O) groups excluding carboxylic acids is 3. The molecule has 6 heteroatoms. The molecule has 1 atom stereocenters. The molecule has 0 fully saturated rings. The molecule has 0 aliphatic rings. The summed E-state index contributed by atoms with van der Waals surface area (Å²) < 4.78 is 16.8. The van der Waals surface area contributed by atoms with Crippen LogP contribution in [0.3, 0.4) is 0 Å². The Balaban J connectivity index is 4.17. The second-order valence-electron chi connectivity index (χ2n) is 19.9. The van der Waals surface area contributed by atoms with Gasteiger partial charge in [-0.15, -0.1) is 0 Å². The van der Waals surface area contributed by atoms with Crippen molar-refractivity contribution >= 4 is 17.9 Å². The van der Waals surface area contributed by atoms with Gasteiger partial charge in [-0.25, -0.2) is 0 Å². The van der Waals surface area contributed by atoms with Crippen molar-refractivity contribution in [2.75, 3.05) is 13.2 Å². The van der Waals surface area contributed by atoms with Crippen molar-refractivity contribution in [1.82, 2.24) is 0 Å². The van der Waals surface area contributed by atoms with Crippen molar-refractivity contribution in [3.63, 3.8) is 0 Å². The van der Waals surface area contributed by atoms with Crippen LogP contribution in [0.4, 0.5) is 0 Å². The zero-order valence-corrected chi connectivity index (χ0v) is 45.4. The minimum atomic E-state index is -0.774. The molecule has 1 unspecified atom stereocenters. The topological polar surface area (TPSA) is 78.9 Å². The third-order valence-corrected chi connectivity index (χ3v) is 13.1. The lowest BCUT2D eigenvalue weighted by molar-refractivity contribution is -0.167. The van der Waals surface area contributed by atoms with E-state index in [1.165, 1.54) is 186 Å². The Morgan fingerprint density at radius 3 is 0.868 bits per heavy atom. The van der Waals surface area contributed by atoms with Crippen molar-refractivity contribution < 1.29 is 28.6 Å². The second-order valence-corrected chi connectivity index (χ2v) is 19.9. The molecule has 0 heterocycles. The summed E-state index contributed by atoms with van der Waals surface area (Å²) in [4.78, 5) is 38.0. The zero-order chi connectivity index (χ0) is 49.3. The highest BCUT2D eigenvalue weighted by Gasteiger charge is 2.19. The van der Waals surface area contributed by atoms with Crippen molar-refractivity contribution in [2.24, 2.45) is 0 Å². The number of hydrogen-bond donors (Lipinski definition) is 0. The Bertz CT molecular complexity index is 1190. The smallest absolute Gasteiger partial charge is 0.306 e. The predicted octanol–water partition coefficient (Wildman–Crippen LogP) is 19.8. The minimum absolute atomic E-state index is 0.0737. The molecule has 0 N–H and O–H groups in total. The number of unbranched alkanes of at least 4 members (excludes halogenated alkanes) is 35. The second kappa shape index (κ2) is 57.0. The van der Waals surface area contributed by atoms with E-state index in [0.29, 0.717) is 19.3 Å². The SMILES string of the molecule is CCCCC/C=C\CCCCCCCC(=O)OC(COC(=O)CCCCCCCCCCCCC)COC(=O)CCCCCCCCCCCCCC/C=C\C/C=C\C/C=C\CCCCCCC. The molecule has 0 amide bonds. The number of allylic oxidation sites excluding steroid dienone is 8. The summed E-state index contributed by atoms with van der Waals surface area (Å²) in [6.07, 6.45) is 69.7. The van der Waals surface area contributed by atoms with Gasteiger partial charge < -0.3 is 14.2 Å². The molecule has 0 rings (SSSR count). The summed E-state index contributed by atoms with van der Waals surface area (Å²) in [7, 11) is 0. The Kier molecular flexibility index (Phi) is 54.8. The first kappa shape index (κ1) is 65.4. The fraction of sp³-hybridized carbons (Fsp3) is 0.823. The van der Waals surface area contributed by atoms with E-state index in [9.17, 15) is 14.4 Å². The molecule has 0 aromatic carbocycles. The van der Waals surface area contributed by atoms with E-state index >= 15 is 0 Å². The number of carbonyl (C=O) groups is 3. The first-order valence-corrected chi connectivity index (χ1v) is 29.6. The molecule has 0 saturated heterocycles. The summed E-state index contributed by atoms with van der Waals surface area (Å²) in [5.41, 5.74) is 0. The van der Waals surface area contributed by atoms with Gasteiger partial charge in [0.1, 0.15) is 13.2 Å². The summed E-state index contributed by atoms with van der Waals surface area (Å²) >= 11 is 0. The molecule has 0 saturated carbocycles. The molecular weight excluding hydrogens is 841 g/mol. The first-order valence-electron chi connectivity index (χ1n) is 29.6. The highest BCUT2D eigenvalue weighted by atomic mass is 16.6. The van der Waals surface area contributed by atoms with E-state index in [0.717, 1.165) is 83.5 Å². The fourth-order valence-corrected chi connectivity index (χ4v) is 8.56. The van der Waals surface area contributed by atoms with Crippen LogP contribution in [0.5, 0.6) is 0 Å². The van der Waals surface area contributed by atoms with Gasteiger partial charge in [0.05, 0.1) is 0 Å². The molecule has 0 spiro atoms. The lowest BCUT2D eigenvalue weighted by Crippen LogP contribution is -2.30. The molecule has 0 aliphatic heterocycles. The Morgan fingerprint density at radius 1 is 0.294 bits per heavy atom. The van der Waals surface area contributed by atoms with Gasteiger partial charge in [-0.3, -0.25) is 14.4 Å². The van der Waals surface area contributed by atoms with Crippen molar-refractivity contribution in [3.05, 3.63) is 48.6 Å². The van der Waals surface area contributed by atoms with Gasteiger partial charge in [-0.1, -0.05) is 256 Å². The molecular formula is C62H112O6.